The van der Waals surface area contributed by atoms with Crippen molar-refractivity contribution in [1.29, 1.82) is 0 Å². The van der Waals surface area contributed by atoms with E-state index in [2.05, 4.69) is 20.8 Å². The van der Waals surface area contributed by atoms with Crippen LogP contribution in [-0.4, -0.2) is 57.1 Å². The number of aliphatic hydroxyl groups is 5. The second-order valence-electron chi connectivity index (χ2n) is 12.7. The zero-order valence-electron chi connectivity index (χ0n) is 20.5. The molecule has 0 aliphatic heterocycles. The van der Waals surface area contributed by atoms with E-state index in [0.717, 1.165) is 64.2 Å². The SMILES string of the molecule is C[C@H](CCCC(CO)CO)[C@H]1CC[C@H]2[C@@H]3[C@H](O)C[C@H]4C[C@@H](O)CC[C@]4(C)[C@H]3C[C@H](O)[C@]12C. The van der Waals surface area contributed by atoms with Crippen molar-refractivity contribution < 1.29 is 25.5 Å². The van der Waals surface area contributed by atoms with E-state index in [0.29, 0.717) is 29.6 Å². The molecule has 11 atom stereocenters. The third-order valence-corrected chi connectivity index (χ3v) is 11.3. The van der Waals surface area contributed by atoms with Crippen LogP contribution >= 0.6 is 0 Å². The summed E-state index contributed by atoms with van der Waals surface area (Å²) in [5, 5.41) is 52.0. The van der Waals surface area contributed by atoms with Crippen molar-refractivity contribution in [3.05, 3.63) is 0 Å². The van der Waals surface area contributed by atoms with Gasteiger partial charge in [0.25, 0.3) is 0 Å². The average Bonchev–Trinajstić information content (AvgIpc) is 3.12. The molecule has 0 aromatic carbocycles. The minimum atomic E-state index is -0.332. The predicted octanol–water partition coefficient (Wildman–Crippen LogP) is 3.36. The number of hydrogen-bond donors (Lipinski definition) is 5. The van der Waals surface area contributed by atoms with Crippen LogP contribution in [0.5, 0.6) is 0 Å². The topological polar surface area (TPSA) is 101 Å². The van der Waals surface area contributed by atoms with Gasteiger partial charge in [-0.15, -0.1) is 0 Å². The standard InChI is InChI=1S/C27H48O5/c1-16(5-4-6-17(14-28)15-29)20-7-8-21-25-22(13-24(32)27(20,21)3)26(2)10-9-19(30)11-18(26)12-23(25)31/h16-25,28-32H,4-15H2,1-3H3/t16-,18-,19+,20-,21+,22+,23-,24+,25+,26+,27-/m1/s1. The van der Waals surface area contributed by atoms with Crippen LogP contribution in [0.1, 0.15) is 85.0 Å². The van der Waals surface area contributed by atoms with E-state index in [1.165, 1.54) is 0 Å². The van der Waals surface area contributed by atoms with Gasteiger partial charge in [-0.2, -0.15) is 0 Å². The molecule has 0 heterocycles. The van der Waals surface area contributed by atoms with Crippen molar-refractivity contribution in [2.75, 3.05) is 13.2 Å². The largest absolute Gasteiger partial charge is 0.396 e. The van der Waals surface area contributed by atoms with Gasteiger partial charge < -0.3 is 25.5 Å². The van der Waals surface area contributed by atoms with Crippen LogP contribution in [0.3, 0.4) is 0 Å². The Morgan fingerprint density at radius 2 is 1.59 bits per heavy atom. The first-order valence-corrected chi connectivity index (χ1v) is 13.4. The lowest BCUT2D eigenvalue weighted by atomic mass is 9.43. The molecule has 4 aliphatic carbocycles. The zero-order chi connectivity index (χ0) is 23.3. The highest BCUT2D eigenvalue weighted by atomic mass is 16.3. The zero-order valence-corrected chi connectivity index (χ0v) is 20.5. The maximum absolute atomic E-state index is 11.6. The highest BCUT2D eigenvalue weighted by Crippen LogP contribution is 2.68. The fraction of sp³-hybridized carbons (Fsp3) is 1.00. The van der Waals surface area contributed by atoms with Crippen LogP contribution in [0.2, 0.25) is 0 Å². The Hall–Kier alpha value is -0.200. The van der Waals surface area contributed by atoms with Crippen LogP contribution in [0.4, 0.5) is 0 Å². The number of rotatable bonds is 7. The summed E-state index contributed by atoms with van der Waals surface area (Å²) in [7, 11) is 0. The van der Waals surface area contributed by atoms with E-state index < -0.39 is 0 Å². The summed E-state index contributed by atoms with van der Waals surface area (Å²) in [6, 6.07) is 0. The van der Waals surface area contributed by atoms with Gasteiger partial charge in [0.15, 0.2) is 0 Å². The molecule has 4 rings (SSSR count). The van der Waals surface area contributed by atoms with E-state index in [9.17, 15) is 25.5 Å². The summed E-state index contributed by atoms with van der Waals surface area (Å²) in [6.45, 7) is 7.11. The minimum absolute atomic E-state index is 0.0183. The molecule has 4 saturated carbocycles. The first kappa shape index (κ1) is 24.9. The molecule has 0 spiro atoms. The number of hydrogen-bond acceptors (Lipinski definition) is 5. The Kier molecular flexibility index (Phi) is 7.36. The summed E-state index contributed by atoms with van der Waals surface area (Å²) in [5.41, 5.74) is -0.0228. The molecule has 0 saturated heterocycles. The first-order valence-electron chi connectivity index (χ1n) is 13.4. The van der Waals surface area contributed by atoms with Crippen LogP contribution in [0.25, 0.3) is 0 Å². The lowest BCUT2D eigenvalue weighted by molar-refractivity contribution is -0.207. The molecule has 32 heavy (non-hydrogen) atoms. The summed E-state index contributed by atoms with van der Waals surface area (Å²) in [5.74, 6) is 2.27. The van der Waals surface area contributed by atoms with Gasteiger partial charge in [0.1, 0.15) is 0 Å². The van der Waals surface area contributed by atoms with E-state index in [1.54, 1.807) is 0 Å². The van der Waals surface area contributed by atoms with Crippen molar-refractivity contribution in [3.8, 4) is 0 Å². The lowest BCUT2D eigenvalue weighted by Crippen LogP contribution is -2.62. The van der Waals surface area contributed by atoms with Gasteiger partial charge in [-0.3, -0.25) is 0 Å². The third kappa shape index (κ3) is 3.98. The molecular formula is C27H48O5. The first-order chi connectivity index (χ1) is 15.2. The number of fused-ring (bicyclic) bond motifs is 5. The third-order valence-electron chi connectivity index (χ3n) is 11.3. The number of aliphatic hydroxyl groups excluding tert-OH is 5. The maximum Gasteiger partial charge on any atom is 0.0602 e. The summed E-state index contributed by atoms with van der Waals surface area (Å²) < 4.78 is 0. The molecule has 0 unspecified atom stereocenters. The van der Waals surface area contributed by atoms with Gasteiger partial charge in [-0.25, -0.2) is 0 Å². The molecule has 4 fully saturated rings. The second-order valence-corrected chi connectivity index (χ2v) is 12.7. The Morgan fingerprint density at radius 3 is 2.28 bits per heavy atom. The van der Waals surface area contributed by atoms with Crippen LogP contribution < -0.4 is 0 Å². The molecule has 0 radical (unpaired) electrons. The molecule has 0 aromatic rings. The fourth-order valence-electron chi connectivity index (χ4n) is 9.30. The van der Waals surface area contributed by atoms with Crippen molar-refractivity contribution in [3.63, 3.8) is 0 Å². The molecule has 0 aromatic heterocycles. The smallest absolute Gasteiger partial charge is 0.0602 e. The van der Waals surface area contributed by atoms with Gasteiger partial charge >= 0.3 is 0 Å². The van der Waals surface area contributed by atoms with E-state index >= 15 is 0 Å². The Bertz CT molecular complexity index is 638. The Morgan fingerprint density at radius 1 is 0.875 bits per heavy atom. The molecule has 5 N–H and O–H groups in total. The summed E-state index contributed by atoms with van der Waals surface area (Å²) in [6.07, 6.45) is 8.51. The van der Waals surface area contributed by atoms with E-state index in [-0.39, 0.29) is 54.2 Å². The van der Waals surface area contributed by atoms with Crippen LogP contribution in [-0.2, 0) is 0 Å². The molecule has 5 heteroatoms. The lowest BCUT2D eigenvalue weighted by Gasteiger charge is -2.63. The van der Waals surface area contributed by atoms with Crippen molar-refractivity contribution in [2.45, 2.75) is 103 Å². The molecule has 5 nitrogen and oxygen atoms in total. The molecule has 0 bridgehead atoms. The van der Waals surface area contributed by atoms with Crippen LogP contribution in [0.15, 0.2) is 0 Å². The Balaban J connectivity index is 1.50. The van der Waals surface area contributed by atoms with E-state index in [4.69, 9.17) is 0 Å². The predicted molar refractivity (Wildman–Crippen MR) is 125 cm³/mol. The normalized spacial score (nSPS) is 49.4. The van der Waals surface area contributed by atoms with Crippen molar-refractivity contribution >= 4 is 0 Å². The van der Waals surface area contributed by atoms with Crippen molar-refractivity contribution in [2.24, 2.45) is 52.3 Å². The highest BCUT2D eigenvalue weighted by molar-refractivity contribution is 5.14. The van der Waals surface area contributed by atoms with Gasteiger partial charge in [-0.1, -0.05) is 33.6 Å². The molecule has 186 valence electrons. The molecular weight excluding hydrogens is 404 g/mol. The van der Waals surface area contributed by atoms with Gasteiger partial charge in [-0.05, 0) is 97.7 Å². The maximum atomic E-state index is 11.6. The monoisotopic (exact) mass is 452 g/mol. The van der Waals surface area contributed by atoms with Gasteiger partial charge in [0, 0.05) is 19.1 Å². The minimum Gasteiger partial charge on any atom is -0.396 e. The van der Waals surface area contributed by atoms with Crippen LogP contribution in [0, 0.1) is 52.3 Å². The summed E-state index contributed by atoms with van der Waals surface area (Å²) in [4.78, 5) is 0. The molecule has 4 aliphatic rings. The highest BCUT2D eigenvalue weighted by Gasteiger charge is 2.65. The Labute approximate surface area is 194 Å². The summed E-state index contributed by atoms with van der Waals surface area (Å²) >= 11 is 0. The average molecular weight is 453 g/mol. The van der Waals surface area contributed by atoms with Crippen molar-refractivity contribution in [1.82, 2.24) is 0 Å². The molecule has 0 amide bonds. The van der Waals surface area contributed by atoms with Gasteiger partial charge in [0.2, 0.25) is 0 Å². The quantitative estimate of drug-likeness (QED) is 0.408. The van der Waals surface area contributed by atoms with Gasteiger partial charge in [0.05, 0.1) is 18.3 Å². The fourth-order valence-corrected chi connectivity index (χ4v) is 9.30. The second kappa shape index (κ2) is 9.45. The van der Waals surface area contributed by atoms with E-state index in [1.807, 2.05) is 0 Å².